The first-order valence-electron chi connectivity index (χ1n) is 9.64. The first-order chi connectivity index (χ1) is 14.7. The monoisotopic (exact) mass is 473 g/mol. The van der Waals surface area contributed by atoms with Gasteiger partial charge in [0, 0.05) is 21.9 Å². The van der Waals surface area contributed by atoms with E-state index in [4.69, 9.17) is 21.3 Å². The molecule has 1 aromatic heterocycles. The zero-order chi connectivity index (χ0) is 20.5. The molecule has 0 unspecified atom stereocenters. The first kappa shape index (κ1) is 19.1. The normalized spacial score (nSPS) is 11.1. The van der Waals surface area contributed by atoms with Crippen LogP contribution in [0.1, 0.15) is 5.56 Å². The lowest BCUT2D eigenvalue weighted by Gasteiger charge is -2.15. The van der Waals surface area contributed by atoms with Crippen LogP contribution in [0.5, 0.6) is 5.75 Å². The van der Waals surface area contributed by atoms with Gasteiger partial charge in [0.25, 0.3) is 0 Å². The third-order valence-electron chi connectivity index (χ3n) is 5.15. The summed E-state index contributed by atoms with van der Waals surface area (Å²) in [5, 5.41) is 3.75. The lowest BCUT2D eigenvalue weighted by molar-refractivity contribution is 0.305. The van der Waals surface area contributed by atoms with Gasteiger partial charge in [-0.2, -0.15) is 0 Å². The lowest BCUT2D eigenvalue weighted by atomic mass is 10.0. The summed E-state index contributed by atoms with van der Waals surface area (Å²) in [6.45, 7) is 0.472. The molecule has 146 valence electrons. The van der Waals surface area contributed by atoms with E-state index in [9.17, 15) is 0 Å². The van der Waals surface area contributed by atoms with Gasteiger partial charge in [-0.25, -0.2) is 4.98 Å². The molecule has 4 heteroatoms. The topological polar surface area (TPSA) is 22.1 Å². The Morgan fingerprint density at radius 1 is 0.767 bits per heavy atom. The molecule has 5 rings (SSSR count). The summed E-state index contributed by atoms with van der Waals surface area (Å²) >= 11 is 10.3. The van der Waals surface area contributed by atoms with Crippen molar-refractivity contribution >= 4 is 49.2 Å². The fraction of sp³-hybridized carbons (Fsp3) is 0.0385. The number of ether oxygens (including phenoxy) is 1. The molecule has 4 aromatic carbocycles. The quantitative estimate of drug-likeness (QED) is 0.194. The molecule has 30 heavy (non-hydrogen) atoms. The first-order valence-corrected chi connectivity index (χ1v) is 10.8. The number of hydrogen-bond acceptors (Lipinski definition) is 2. The van der Waals surface area contributed by atoms with E-state index >= 15 is 0 Å². The van der Waals surface area contributed by atoms with Crippen LogP contribution in [0.15, 0.2) is 95.5 Å². The van der Waals surface area contributed by atoms with Gasteiger partial charge >= 0.3 is 0 Å². The van der Waals surface area contributed by atoms with Crippen LogP contribution in [0.3, 0.4) is 0 Å². The third kappa shape index (κ3) is 3.55. The van der Waals surface area contributed by atoms with Crippen LogP contribution >= 0.6 is 27.5 Å². The molecule has 0 bridgehead atoms. The van der Waals surface area contributed by atoms with Crippen LogP contribution in [-0.2, 0) is 6.61 Å². The highest BCUT2D eigenvalue weighted by molar-refractivity contribution is 9.10. The molecule has 0 aliphatic rings. The van der Waals surface area contributed by atoms with Crippen LogP contribution < -0.4 is 4.74 Å². The standard InChI is InChI=1S/C26H17BrClNO/c27-23-12-6-11-21(25(23)30-16-17-7-2-1-3-8-17)22-15-19-14-13-18-9-4-5-10-20(18)24(19)29-26(22)28/h1-15H,16H2. The average Bonchev–Trinajstić information content (AvgIpc) is 2.78. The minimum atomic E-state index is 0.460. The van der Waals surface area contributed by atoms with Gasteiger partial charge in [0.05, 0.1) is 9.99 Å². The maximum Gasteiger partial charge on any atom is 0.141 e. The molecular weight excluding hydrogens is 458 g/mol. The van der Waals surface area contributed by atoms with Crippen molar-refractivity contribution in [3.8, 4) is 16.9 Å². The van der Waals surface area contributed by atoms with Crippen LogP contribution in [0.4, 0.5) is 0 Å². The number of halogens is 2. The number of benzene rings is 4. The predicted molar refractivity (Wildman–Crippen MR) is 128 cm³/mol. The number of nitrogens with zero attached hydrogens (tertiary/aromatic N) is 1. The van der Waals surface area contributed by atoms with Crippen molar-refractivity contribution in [1.82, 2.24) is 4.98 Å². The van der Waals surface area contributed by atoms with Gasteiger partial charge in [-0.1, -0.05) is 90.5 Å². The maximum absolute atomic E-state index is 6.70. The Morgan fingerprint density at radius 3 is 2.40 bits per heavy atom. The number of para-hydroxylation sites is 1. The minimum Gasteiger partial charge on any atom is -0.487 e. The predicted octanol–water partition coefficient (Wildman–Crippen LogP) is 8.05. The zero-order valence-corrected chi connectivity index (χ0v) is 18.3. The molecule has 0 amide bonds. The molecular formula is C26H17BrClNO. The van der Waals surface area contributed by atoms with Crippen molar-refractivity contribution in [2.45, 2.75) is 6.61 Å². The second-order valence-electron chi connectivity index (χ2n) is 7.08. The molecule has 0 aliphatic heterocycles. The van der Waals surface area contributed by atoms with E-state index in [2.05, 4.69) is 46.3 Å². The van der Waals surface area contributed by atoms with E-state index in [0.29, 0.717) is 11.8 Å². The van der Waals surface area contributed by atoms with E-state index in [1.807, 2.05) is 60.7 Å². The van der Waals surface area contributed by atoms with E-state index in [1.165, 1.54) is 0 Å². The van der Waals surface area contributed by atoms with Crippen molar-refractivity contribution in [3.05, 3.63) is 106 Å². The SMILES string of the molecule is Clc1nc2c(ccc3ccccc32)cc1-c1cccc(Br)c1OCc1ccccc1. The van der Waals surface area contributed by atoms with E-state index in [-0.39, 0.29) is 0 Å². The second kappa shape index (κ2) is 8.10. The van der Waals surface area contributed by atoms with Crippen molar-refractivity contribution in [2.75, 3.05) is 0 Å². The molecule has 5 aromatic rings. The lowest BCUT2D eigenvalue weighted by Crippen LogP contribution is -1.98. The number of fused-ring (bicyclic) bond motifs is 3. The molecule has 1 heterocycles. The van der Waals surface area contributed by atoms with Crippen molar-refractivity contribution < 1.29 is 4.74 Å². The molecule has 0 radical (unpaired) electrons. The Bertz CT molecular complexity index is 1370. The Hall–Kier alpha value is -2.88. The molecule has 0 atom stereocenters. The summed E-state index contributed by atoms with van der Waals surface area (Å²) < 4.78 is 7.09. The van der Waals surface area contributed by atoms with Gasteiger partial charge in [-0.05, 0) is 39.0 Å². The Labute approximate surface area is 188 Å². The zero-order valence-electron chi connectivity index (χ0n) is 16.0. The number of aromatic nitrogens is 1. The molecule has 0 N–H and O–H groups in total. The average molecular weight is 475 g/mol. The highest BCUT2D eigenvalue weighted by Crippen LogP contribution is 2.41. The van der Waals surface area contributed by atoms with Gasteiger partial charge in [0.15, 0.2) is 0 Å². The Kier molecular flexibility index (Phi) is 5.16. The number of rotatable bonds is 4. The Morgan fingerprint density at radius 2 is 1.53 bits per heavy atom. The summed E-state index contributed by atoms with van der Waals surface area (Å²) in [7, 11) is 0. The van der Waals surface area contributed by atoms with Crippen LogP contribution in [0, 0.1) is 0 Å². The van der Waals surface area contributed by atoms with Gasteiger partial charge in [-0.15, -0.1) is 0 Å². The van der Waals surface area contributed by atoms with E-state index in [0.717, 1.165) is 48.6 Å². The van der Waals surface area contributed by atoms with Crippen LogP contribution in [0.2, 0.25) is 5.15 Å². The van der Waals surface area contributed by atoms with Crippen molar-refractivity contribution in [3.63, 3.8) is 0 Å². The highest BCUT2D eigenvalue weighted by atomic mass is 79.9. The highest BCUT2D eigenvalue weighted by Gasteiger charge is 2.16. The second-order valence-corrected chi connectivity index (χ2v) is 8.29. The van der Waals surface area contributed by atoms with Crippen LogP contribution in [-0.4, -0.2) is 4.98 Å². The van der Waals surface area contributed by atoms with Crippen molar-refractivity contribution in [1.29, 1.82) is 0 Å². The number of hydrogen-bond donors (Lipinski definition) is 0. The van der Waals surface area contributed by atoms with Crippen molar-refractivity contribution in [2.24, 2.45) is 0 Å². The third-order valence-corrected chi connectivity index (χ3v) is 6.06. The summed E-state index contributed by atoms with van der Waals surface area (Å²) in [4.78, 5) is 4.76. The summed E-state index contributed by atoms with van der Waals surface area (Å²) in [6.07, 6.45) is 0. The Balaban J connectivity index is 1.62. The minimum absolute atomic E-state index is 0.460. The van der Waals surface area contributed by atoms with Gasteiger partial charge in [0.1, 0.15) is 17.5 Å². The molecule has 0 saturated carbocycles. The van der Waals surface area contributed by atoms with Gasteiger partial charge in [-0.3, -0.25) is 0 Å². The molecule has 0 aliphatic carbocycles. The van der Waals surface area contributed by atoms with Crippen LogP contribution in [0.25, 0.3) is 32.8 Å². The number of pyridine rings is 1. The van der Waals surface area contributed by atoms with E-state index < -0.39 is 0 Å². The smallest absolute Gasteiger partial charge is 0.141 e. The van der Waals surface area contributed by atoms with Gasteiger partial charge < -0.3 is 4.74 Å². The summed E-state index contributed by atoms with van der Waals surface area (Å²) in [5.41, 5.74) is 3.77. The summed E-state index contributed by atoms with van der Waals surface area (Å²) in [5.74, 6) is 0.755. The molecule has 2 nitrogen and oxygen atoms in total. The molecule has 0 saturated heterocycles. The maximum atomic E-state index is 6.70. The van der Waals surface area contributed by atoms with E-state index in [1.54, 1.807) is 0 Å². The summed E-state index contributed by atoms with van der Waals surface area (Å²) in [6, 6.07) is 30.6. The molecule has 0 fully saturated rings. The largest absolute Gasteiger partial charge is 0.487 e. The fourth-order valence-electron chi connectivity index (χ4n) is 3.67. The van der Waals surface area contributed by atoms with Gasteiger partial charge in [0.2, 0.25) is 0 Å². The molecule has 0 spiro atoms. The fourth-order valence-corrected chi connectivity index (χ4v) is 4.39.